The molecule has 0 bridgehead atoms. The van der Waals surface area contributed by atoms with Gasteiger partial charge in [-0.1, -0.05) is 0 Å². The molecule has 0 unspecified atom stereocenters. The van der Waals surface area contributed by atoms with Crippen LogP contribution >= 0.6 is 0 Å². The predicted octanol–water partition coefficient (Wildman–Crippen LogP) is 0.275. The minimum atomic E-state index is -0.700. The second-order valence-electron chi connectivity index (χ2n) is 5.08. The zero-order valence-corrected chi connectivity index (χ0v) is 12.2. The number of pyridine rings is 1. The highest BCUT2D eigenvalue weighted by Crippen LogP contribution is 2.14. The van der Waals surface area contributed by atoms with Gasteiger partial charge in [-0.25, -0.2) is 4.79 Å². The van der Waals surface area contributed by atoms with Gasteiger partial charge in [0.25, 0.3) is 12.1 Å². The summed E-state index contributed by atoms with van der Waals surface area (Å²) >= 11 is 0. The summed E-state index contributed by atoms with van der Waals surface area (Å²) in [6.07, 6.45) is 2.99. The van der Waals surface area contributed by atoms with Crippen LogP contribution in [0.3, 0.4) is 0 Å². The molecule has 1 amide bonds. The molecular formula is C13H19N2O5+. The van der Waals surface area contributed by atoms with Crippen molar-refractivity contribution in [1.82, 2.24) is 5.48 Å². The van der Waals surface area contributed by atoms with Crippen LogP contribution in [-0.4, -0.2) is 26.1 Å². The van der Waals surface area contributed by atoms with E-state index in [1.54, 1.807) is 27.0 Å². The van der Waals surface area contributed by atoms with E-state index in [9.17, 15) is 9.59 Å². The van der Waals surface area contributed by atoms with Crippen molar-refractivity contribution in [2.45, 2.75) is 20.8 Å². The molecule has 0 aromatic carbocycles. The number of rotatable bonds is 3. The van der Waals surface area contributed by atoms with Crippen LogP contribution in [0.5, 0.6) is 5.75 Å². The Morgan fingerprint density at radius 1 is 1.20 bits per heavy atom. The van der Waals surface area contributed by atoms with Crippen LogP contribution in [0.1, 0.15) is 31.1 Å². The van der Waals surface area contributed by atoms with E-state index in [2.05, 4.69) is 5.48 Å². The topological polar surface area (TPSA) is 77.7 Å². The highest BCUT2D eigenvalue weighted by atomic mass is 16.7. The Bertz CT molecular complexity index is 486. The SMILES string of the molecule is COc1cc(C(=O)NOC(=O)C(C)(C)C)c[n+](OC)c1. The normalized spacial score (nSPS) is 10.7. The number of hydrogen-bond acceptors (Lipinski definition) is 5. The summed E-state index contributed by atoms with van der Waals surface area (Å²) in [6.45, 7) is 5.06. The second-order valence-corrected chi connectivity index (χ2v) is 5.08. The number of hydroxylamine groups is 1. The molecule has 0 fully saturated rings. The molecule has 0 radical (unpaired) electrons. The van der Waals surface area contributed by atoms with E-state index in [0.29, 0.717) is 5.75 Å². The fraction of sp³-hybridized carbons (Fsp3) is 0.462. The summed E-state index contributed by atoms with van der Waals surface area (Å²) in [5.41, 5.74) is 1.62. The third kappa shape index (κ3) is 4.11. The molecule has 0 saturated heterocycles. The van der Waals surface area contributed by atoms with Crippen LogP contribution in [0.25, 0.3) is 0 Å². The Morgan fingerprint density at radius 2 is 1.85 bits per heavy atom. The Morgan fingerprint density at radius 3 is 2.35 bits per heavy atom. The molecule has 110 valence electrons. The van der Waals surface area contributed by atoms with E-state index in [0.717, 1.165) is 0 Å². The van der Waals surface area contributed by atoms with E-state index in [1.807, 2.05) is 0 Å². The Labute approximate surface area is 117 Å². The van der Waals surface area contributed by atoms with E-state index in [1.165, 1.54) is 31.2 Å². The van der Waals surface area contributed by atoms with Gasteiger partial charge >= 0.3 is 5.97 Å². The highest BCUT2D eigenvalue weighted by Gasteiger charge is 2.25. The van der Waals surface area contributed by atoms with Gasteiger partial charge in [0.05, 0.1) is 12.5 Å². The number of hydrogen-bond donors (Lipinski definition) is 1. The van der Waals surface area contributed by atoms with Crippen molar-refractivity contribution in [3.05, 3.63) is 24.0 Å². The lowest BCUT2D eigenvalue weighted by Crippen LogP contribution is -2.41. The van der Waals surface area contributed by atoms with Crippen molar-refractivity contribution >= 4 is 11.9 Å². The molecule has 1 aromatic heterocycles. The fourth-order valence-corrected chi connectivity index (χ4v) is 1.17. The van der Waals surface area contributed by atoms with Crippen molar-refractivity contribution in [1.29, 1.82) is 0 Å². The molecule has 0 saturated carbocycles. The fourth-order valence-electron chi connectivity index (χ4n) is 1.17. The monoisotopic (exact) mass is 283 g/mol. The smallest absolute Gasteiger partial charge is 0.337 e. The summed E-state index contributed by atoms with van der Waals surface area (Å²) in [5.74, 6) is -0.678. The first kappa shape index (κ1) is 15.7. The first-order valence-electron chi connectivity index (χ1n) is 5.94. The number of carbonyl (C=O) groups is 2. The maximum Gasteiger partial charge on any atom is 0.337 e. The van der Waals surface area contributed by atoms with Crippen molar-refractivity contribution in [3.8, 4) is 5.75 Å². The first-order valence-corrected chi connectivity index (χ1v) is 5.94. The van der Waals surface area contributed by atoms with Gasteiger partial charge in [0.1, 0.15) is 12.7 Å². The molecule has 0 aliphatic heterocycles. The number of nitrogens with zero attached hydrogens (tertiary/aromatic N) is 1. The lowest BCUT2D eigenvalue weighted by molar-refractivity contribution is -0.885. The minimum Gasteiger partial charge on any atom is -0.491 e. The van der Waals surface area contributed by atoms with E-state index in [4.69, 9.17) is 14.4 Å². The molecule has 7 nitrogen and oxygen atoms in total. The van der Waals surface area contributed by atoms with Crippen LogP contribution in [-0.2, 0) is 9.63 Å². The second kappa shape index (κ2) is 6.23. The molecule has 7 heteroatoms. The summed E-state index contributed by atoms with van der Waals surface area (Å²) in [6, 6.07) is 1.50. The molecular weight excluding hydrogens is 264 g/mol. The standard InChI is InChI=1S/C13H18N2O5/c1-13(2,3)12(17)20-14-11(16)9-6-10(18-4)8-15(7-9)19-5/h6-8H,1-5H3/p+1. The van der Waals surface area contributed by atoms with Gasteiger partial charge in [-0.05, 0) is 20.8 Å². The molecule has 1 heterocycles. The van der Waals surface area contributed by atoms with E-state index < -0.39 is 17.3 Å². The maximum atomic E-state index is 11.9. The van der Waals surface area contributed by atoms with Crippen LogP contribution < -0.4 is 19.8 Å². The Kier molecular flexibility index (Phi) is 4.90. The lowest BCUT2D eigenvalue weighted by atomic mass is 9.98. The third-order valence-electron chi connectivity index (χ3n) is 2.38. The van der Waals surface area contributed by atoms with Gasteiger partial charge in [-0.3, -0.25) is 9.63 Å². The van der Waals surface area contributed by atoms with Gasteiger partial charge in [-0.2, -0.15) is 5.48 Å². The molecule has 0 spiro atoms. The number of amides is 1. The van der Waals surface area contributed by atoms with E-state index >= 15 is 0 Å². The Balaban J connectivity index is 2.80. The molecule has 1 aromatic rings. The first-order chi connectivity index (χ1) is 9.27. The van der Waals surface area contributed by atoms with Crippen LogP contribution in [0.15, 0.2) is 18.5 Å². The summed E-state index contributed by atoms with van der Waals surface area (Å²) in [4.78, 5) is 33.2. The van der Waals surface area contributed by atoms with E-state index in [-0.39, 0.29) is 5.56 Å². The van der Waals surface area contributed by atoms with Crippen molar-refractivity contribution in [2.75, 3.05) is 14.2 Å². The van der Waals surface area contributed by atoms with Gasteiger partial charge in [0.2, 0.25) is 6.20 Å². The lowest BCUT2D eigenvalue weighted by Gasteiger charge is -2.15. The van der Waals surface area contributed by atoms with Crippen LogP contribution in [0.2, 0.25) is 0 Å². The van der Waals surface area contributed by atoms with Gasteiger partial charge in [0.15, 0.2) is 5.75 Å². The average molecular weight is 283 g/mol. The zero-order chi connectivity index (χ0) is 15.3. The molecule has 1 rings (SSSR count). The summed E-state index contributed by atoms with van der Waals surface area (Å²) in [7, 11) is 2.91. The number of nitrogens with one attached hydrogen (secondary N) is 1. The summed E-state index contributed by atoms with van der Waals surface area (Å²) < 4.78 is 6.34. The van der Waals surface area contributed by atoms with Crippen molar-refractivity contribution in [2.24, 2.45) is 5.41 Å². The largest absolute Gasteiger partial charge is 0.491 e. The molecule has 20 heavy (non-hydrogen) atoms. The average Bonchev–Trinajstić information content (AvgIpc) is 2.42. The maximum absolute atomic E-state index is 11.9. The van der Waals surface area contributed by atoms with Gasteiger partial charge < -0.3 is 9.57 Å². The van der Waals surface area contributed by atoms with Gasteiger partial charge in [0, 0.05) is 10.8 Å². The number of aromatic nitrogens is 1. The number of methoxy groups -OCH3 is 1. The zero-order valence-electron chi connectivity index (χ0n) is 12.2. The van der Waals surface area contributed by atoms with Crippen molar-refractivity contribution in [3.63, 3.8) is 0 Å². The highest BCUT2D eigenvalue weighted by molar-refractivity contribution is 5.94. The molecule has 0 atom stereocenters. The molecule has 1 N–H and O–H groups in total. The van der Waals surface area contributed by atoms with Crippen LogP contribution in [0, 0.1) is 5.41 Å². The van der Waals surface area contributed by atoms with Crippen LogP contribution in [0.4, 0.5) is 0 Å². The molecule has 0 aliphatic carbocycles. The number of carbonyl (C=O) groups excluding carboxylic acids is 2. The summed E-state index contributed by atoms with van der Waals surface area (Å²) in [5, 5.41) is 0. The third-order valence-corrected chi connectivity index (χ3v) is 2.38. The van der Waals surface area contributed by atoms with Crippen molar-refractivity contribution < 1.29 is 28.7 Å². The van der Waals surface area contributed by atoms with Gasteiger partial charge in [-0.15, -0.1) is 0 Å². The quantitative estimate of drug-likeness (QED) is 0.636. The minimum absolute atomic E-state index is 0.230. The predicted molar refractivity (Wildman–Crippen MR) is 68.7 cm³/mol. The Hall–Kier alpha value is -2.31. The molecule has 0 aliphatic rings. The number of ether oxygens (including phenoxy) is 1.